The zero-order valence-corrected chi connectivity index (χ0v) is 13.3. The van der Waals surface area contributed by atoms with E-state index < -0.39 is 0 Å². The Morgan fingerprint density at radius 1 is 1.37 bits per heavy atom. The highest BCUT2D eigenvalue weighted by Crippen LogP contribution is 2.09. The van der Waals surface area contributed by atoms with Crippen LogP contribution in [0.3, 0.4) is 0 Å². The summed E-state index contributed by atoms with van der Waals surface area (Å²) in [5.74, 6) is 2.05. The SMILES string of the molecule is CCNC(=NCCSC)N(C)Cc1ccccc1C. The van der Waals surface area contributed by atoms with Gasteiger partial charge in [-0.1, -0.05) is 24.3 Å². The van der Waals surface area contributed by atoms with Crippen LogP contribution in [0.25, 0.3) is 0 Å². The maximum absolute atomic E-state index is 4.64. The average Bonchev–Trinajstić information content (AvgIpc) is 2.40. The first-order chi connectivity index (χ1) is 9.19. The first-order valence-electron chi connectivity index (χ1n) is 6.72. The fourth-order valence-electron chi connectivity index (χ4n) is 1.83. The van der Waals surface area contributed by atoms with Gasteiger partial charge in [0.1, 0.15) is 0 Å². The summed E-state index contributed by atoms with van der Waals surface area (Å²) in [4.78, 5) is 6.83. The van der Waals surface area contributed by atoms with Gasteiger partial charge in [-0.05, 0) is 31.2 Å². The second-order valence-electron chi connectivity index (χ2n) is 4.51. The first kappa shape index (κ1) is 15.9. The number of aliphatic imine (C=N–C) groups is 1. The van der Waals surface area contributed by atoms with Crippen molar-refractivity contribution >= 4 is 17.7 Å². The lowest BCUT2D eigenvalue weighted by Gasteiger charge is -2.23. The second kappa shape index (κ2) is 8.86. The smallest absolute Gasteiger partial charge is 0.193 e. The molecule has 3 nitrogen and oxygen atoms in total. The van der Waals surface area contributed by atoms with Crippen molar-refractivity contribution in [2.24, 2.45) is 4.99 Å². The van der Waals surface area contributed by atoms with Gasteiger partial charge >= 0.3 is 0 Å². The van der Waals surface area contributed by atoms with Crippen LogP contribution in [0.5, 0.6) is 0 Å². The third-order valence-electron chi connectivity index (χ3n) is 2.92. The zero-order chi connectivity index (χ0) is 14.1. The molecule has 106 valence electrons. The van der Waals surface area contributed by atoms with Crippen LogP contribution in [0, 0.1) is 6.92 Å². The number of guanidine groups is 1. The van der Waals surface area contributed by atoms with Gasteiger partial charge in [-0.25, -0.2) is 0 Å². The fraction of sp³-hybridized carbons (Fsp3) is 0.533. The van der Waals surface area contributed by atoms with Crippen LogP contribution in [0.1, 0.15) is 18.1 Å². The van der Waals surface area contributed by atoms with E-state index in [0.29, 0.717) is 0 Å². The summed E-state index contributed by atoms with van der Waals surface area (Å²) in [6.07, 6.45) is 2.11. The van der Waals surface area contributed by atoms with Gasteiger partial charge in [0.05, 0.1) is 6.54 Å². The van der Waals surface area contributed by atoms with Crippen LogP contribution in [0.4, 0.5) is 0 Å². The number of nitrogens with one attached hydrogen (secondary N) is 1. The quantitative estimate of drug-likeness (QED) is 0.493. The molecule has 0 saturated heterocycles. The molecule has 1 rings (SSSR count). The van der Waals surface area contributed by atoms with Gasteiger partial charge in [0, 0.05) is 25.9 Å². The molecule has 19 heavy (non-hydrogen) atoms. The minimum atomic E-state index is 0.863. The van der Waals surface area contributed by atoms with Crippen molar-refractivity contribution < 1.29 is 0 Å². The Hall–Kier alpha value is -1.16. The Morgan fingerprint density at radius 3 is 2.74 bits per heavy atom. The van der Waals surface area contributed by atoms with Gasteiger partial charge in [-0.2, -0.15) is 11.8 Å². The summed E-state index contributed by atoms with van der Waals surface area (Å²) in [5, 5.41) is 3.35. The molecule has 0 heterocycles. The number of nitrogens with zero attached hydrogens (tertiary/aromatic N) is 2. The molecule has 1 aromatic rings. The Bertz CT molecular complexity index is 404. The van der Waals surface area contributed by atoms with Crippen LogP contribution in [0.15, 0.2) is 29.3 Å². The average molecular weight is 279 g/mol. The highest BCUT2D eigenvalue weighted by atomic mass is 32.2. The van der Waals surface area contributed by atoms with E-state index in [-0.39, 0.29) is 0 Å². The molecular formula is C15H25N3S. The van der Waals surface area contributed by atoms with Gasteiger partial charge in [-0.15, -0.1) is 0 Å². The molecule has 0 aromatic heterocycles. The topological polar surface area (TPSA) is 27.6 Å². The largest absolute Gasteiger partial charge is 0.357 e. The standard InChI is InChI=1S/C15H25N3S/c1-5-16-15(17-10-11-19-4)18(3)12-14-9-7-6-8-13(14)2/h6-9H,5,10-12H2,1-4H3,(H,16,17). The highest BCUT2D eigenvalue weighted by molar-refractivity contribution is 7.98. The number of rotatable bonds is 6. The van der Waals surface area contributed by atoms with Crippen molar-refractivity contribution in [2.75, 3.05) is 32.1 Å². The van der Waals surface area contributed by atoms with Gasteiger partial charge in [0.25, 0.3) is 0 Å². The van der Waals surface area contributed by atoms with Crippen LogP contribution in [-0.2, 0) is 6.54 Å². The van der Waals surface area contributed by atoms with E-state index in [4.69, 9.17) is 0 Å². The monoisotopic (exact) mass is 279 g/mol. The van der Waals surface area contributed by atoms with E-state index in [0.717, 1.165) is 31.3 Å². The third-order valence-corrected chi connectivity index (χ3v) is 3.51. The number of hydrogen-bond acceptors (Lipinski definition) is 2. The minimum Gasteiger partial charge on any atom is -0.357 e. The molecule has 0 aliphatic heterocycles. The molecule has 4 heteroatoms. The Morgan fingerprint density at radius 2 is 2.11 bits per heavy atom. The summed E-state index contributed by atoms with van der Waals surface area (Å²) in [7, 11) is 2.09. The molecule has 1 aromatic carbocycles. The molecule has 0 bridgehead atoms. The van der Waals surface area contributed by atoms with E-state index >= 15 is 0 Å². The Balaban J connectivity index is 2.68. The molecule has 0 atom stereocenters. The number of thioether (sulfide) groups is 1. The first-order valence-corrected chi connectivity index (χ1v) is 8.11. The molecule has 0 saturated carbocycles. The van der Waals surface area contributed by atoms with Crippen LogP contribution >= 0.6 is 11.8 Å². The van der Waals surface area contributed by atoms with E-state index in [1.54, 1.807) is 0 Å². The molecule has 0 unspecified atom stereocenters. The van der Waals surface area contributed by atoms with Crippen LogP contribution < -0.4 is 5.32 Å². The molecule has 0 amide bonds. The number of aryl methyl sites for hydroxylation is 1. The molecule has 0 spiro atoms. The van der Waals surface area contributed by atoms with Gasteiger partial charge in [0.15, 0.2) is 5.96 Å². The lowest BCUT2D eigenvalue weighted by atomic mass is 10.1. The van der Waals surface area contributed by atoms with E-state index in [1.807, 2.05) is 11.8 Å². The molecular weight excluding hydrogens is 254 g/mol. The maximum Gasteiger partial charge on any atom is 0.193 e. The predicted molar refractivity (Wildman–Crippen MR) is 87.0 cm³/mol. The van der Waals surface area contributed by atoms with Crippen LogP contribution in [-0.4, -0.2) is 43.0 Å². The molecule has 0 radical (unpaired) electrons. The van der Waals surface area contributed by atoms with Crippen molar-refractivity contribution in [1.82, 2.24) is 10.2 Å². The number of benzene rings is 1. The summed E-state index contributed by atoms with van der Waals surface area (Å²) in [6, 6.07) is 8.50. The lowest BCUT2D eigenvalue weighted by Crippen LogP contribution is -2.38. The molecule has 0 fully saturated rings. The molecule has 0 aliphatic carbocycles. The molecule has 0 aliphatic rings. The number of hydrogen-bond donors (Lipinski definition) is 1. The minimum absolute atomic E-state index is 0.863. The van der Waals surface area contributed by atoms with Gasteiger partial charge in [0.2, 0.25) is 0 Å². The van der Waals surface area contributed by atoms with Crippen molar-refractivity contribution in [3.05, 3.63) is 35.4 Å². The Labute approximate surface area is 121 Å². The zero-order valence-electron chi connectivity index (χ0n) is 12.4. The third kappa shape index (κ3) is 5.55. The summed E-state index contributed by atoms with van der Waals surface area (Å²) < 4.78 is 0. The van der Waals surface area contributed by atoms with Crippen molar-refractivity contribution in [1.29, 1.82) is 0 Å². The lowest BCUT2D eigenvalue weighted by molar-refractivity contribution is 0.476. The van der Waals surface area contributed by atoms with Crippen molar-refractivity contribution in [3.8, 4) is 0 Å². The maximum atomic E-state index is 4.64. The highest BCUT2D eigenvalue weighted by Gasteiger charge is 2.07. The van der Waals surface area contributed by atoms with Crippen LogP contribution in [0.2, 0.25) is 0 Å². The van der Waals surface area contributed by atoms with E-state index in [9.17, 15) is 0 Å². The van der Waals surface area contributed by atoms with Gasteiger partial charge in [-0.3, -0.25) is 4.99 Å². The Kier molecular flexibility index (Phi) is 7.41. The van der Waals surface area contributed by atoms with Crippen molar-refractivity contribution in [2.45, 2.75) is 20.4 Å². The van der Waals surface area contributed by atoms with E-state index in [1.165, 1.54) is 11.1 Å². The summed E-state index contributed by atoms with van der Waals surface area (Å²) >= 11 is 1.83. The summed E-state index contributed by atoms with van der Waals surface area (Å²) in [6.45, 7) is 6.91. The molecule has 1 N–H and O–H groups in total. The van der Waals surface area contributed by atoms with Gasteiger partial charge < -0.3 is 10.2 Å². The van der Waals surface area contributed by atoms with Crippen molar-refractivity contribution in [3.63, 3.8) is 0 Å². The summed E-state index contributed by atoms with van der Waals surface area (Å²) in [5.41, 5.74) is 2.68. The second-order valence-corrected chi connectivity index (χ2v) is 5.50. The van der Waals surface area contributed by atoms with E-state index in [2.05, 4.69) is 66.6 Å². The fourth-order valence-corrected chi connectivity index (χ4v) is 2.10. The normalized spacial score (nSPS) is 11.5. The predicted octanol–water partition coefficient (Wildman–Crippen LogP) is 2.76.